The number of ketones is 2. The number of carbonyl (C=O) groups is 2. The van der Waals surface area contributed by atoms with Crippen LogP contribution in [0.25, 0.3) is 10.8 Å². The Labute approximate surface area is 194 Å². The van der Waals surface area contributed by atoms with Crippen molar-refractivity contribution >= 4 is 32.4 Å². The van der Waals surface area contributed by atoms with Crippen LogP contribution >= 0.6 is 0 Å². The monoisotopic (exact) mass is 467 g/mol. The topological polar surface area (TPSA) is 90.6 Å². The number of aromatic amines is 1. The second kappa shape index (κ2) is 8.85. The van der Waals surface area contributed by atoms with E-state index in [1.54, 1.807) is 26.0 Å². The first kappa shape index (κ1) is 23.4. The summed E-state index contributed by atoms with van der Waals surface area (Å²) < 4.78 is 27.9. The number of H-pyrrole nitrogens is 1. The summed E-state index contributed by atoms with van der Waals surface area (Å²) in [6, 6.07) is 12.4. The SMILES string of the molecule is CC(=O)c1c(C)[nH]c(C(=O)C(C)N2CCN(S(=O)(=O)c3ccc4ccccc4c3)CC2)c1C. The molecule has 0 saturated carbocycles. The zero-order chi connectivity index (χ0) is 23.9. The lowest BCUT2D eigenvalue weighted by atomic mass is 10.0. The summed E-state index contributed by atoms with van der Waals surface area (Å²) in [6.07, 6.45) is 0. The number of carbonyl (C=O) groups excluding carboxylic acids is 2. The average Bonchev–Trinajstić information content (AvgIpc) is 3.11. The molecule has 7 nitrogen and oxygen atoms in total. The van der Waals surface area contributed by atoms with E-state index in [9.17, 15) is 18.0 Å². The summed E-state index contributed by atoms with van der Waals surface area (Å²) in [4.78, 5) is 30.4. The molecule has 1 atom stereocenters. The van der Waals surface area contributed by atoms with E-state index in [1.165, 1.54) is 11.2 Å². The number of rotatable bonds is 6. The summed E-state index contributed by atoms with van der Waals surface area (Å²) in [7, 11) is -3.62. The first-order valence-electron chi connectivity index (χ1n) is 11.1. The molecule has 1 unspecified atom stereocenters. The van der Waals surface area contributed by atoms with E-state index in [4.69, 9.17) is 0 Å². The van der Waals surface area contributed by atoms with Crippen molar-refractivity contribution in [2.75, 3.05) is 26.2 Å². The lowest BCUT2D eigenvalue weighted by Crippen LogP contribution is -2.53. The molecular weight excluding hydrogens is 438 g/mol. The number of nitrogens with zero attached hydrogens (tertiary/aromatic N) is 2. The minimum absolute atomic E-state index is 0.0690. The van der Waals surface area contributed by atoms with Gasteiger partial charge in [0, 0.05) is 37.4 Å². The van der Waals surface area contributed by atoms with Crippen LogP contribution in [0.4, 0.5) is 0 Å². The van der Waals surface area contributed by atoms with Crippen LogP contribution < -0.4 is 0 Å². The fourth-order valence-corrected chi connectivity index (χ4v) is 6.17. The van der Waals surface area contributed by atoms with Gasteiger partial charge in [0.05, 0.1) is 16.6 Å². The van der Waals surface area contributed by atoms with Gasteiger partial charge in [0.25, 0.3) is 0 Å². The van der Waals surface area contributed by atoms with Crippen LogP contribution in [-0.4, -0.2) is 66.4 Å². The van der Waals surface area contributed by atoms with Crippen molar-refractivity contribution in [2.24, 2.45) is 0 Å². The van der Waals surface area contributed by atoms with Crippen LogP contribution in [-0.2, 0) is 10.0 Å². The van der Waals surface area contributed by atoms with Crippen molar-refractivity contribution in [3.05, 3.63) is 65.0 Å². The van der Waals surface area contributed by atoms with Crippen molar-refractivity contribution in [1.82, 2.24) is 14.2 Å². The minimum atomic E-state index is -3.62. The van der Waals surface area contributed by atoms with Crippen LogP contribution in [0.1, 0.15) is 46.0 Å². The number of benzene rings is 2. The Hall–Kier alpha value is -2.81. The minimum Gasteiger partial charge on any atom is -0.355 e. The first-order chi connectivity index (χ1) is 15.6. The van der Waals surface area contributed by atoms with Crippen LogP contribution in [0, 0.1) is 13.8 Å². The standard InChI is InChI=1S/C25H29N3O4S/c1-16-23(19(4)29)17(2)26-24(16)25(30)18(3)27-11-13-28(14-12-27)33(31,32)22-10-9-20-7-5-6-8-21(20)15-22/h5-10,15,18,26H,11-14H2,1-4H3. The number of piperazine rings is 1. The van der Waals surface area contributed by atoms with Gasteiger partial charge >= 0.3 is 0 Å². The quantitative estimate of drug-likeness (QED) is 0.560. The highest BCUT2D eigenvalue weighted by Crippen LogP contribution is 2.25. The van der Waals surface area contributed by atoms with E-state index >= 15 is 0 Å². The molecule has 1 aliphatic heterocycles. The second-order valence-electron chi connectivity index (χ2n) is 8.67. The molecule has 1 saturated heterocycles. The molecule has 4 rings (SSSR count). The van der Waals surface area contributed by atoms with E-state index in [0.29, 0.717) is 48.7 Å². The van der Waals surface area contributed by atoms with E-state index < -0.39 is 16.1 Å². The zero-order valence-electron chi connectivity index (χ0n) is 19.4. The van der Waals surface area contributed by atoms with Gasteiger partial charge in [-0.2, -0.15) is 4.31 Å². The highest BCUT2D eigenvalue weighted by molar-refractivity contribution is 7.89. The maximum absolute atomic E-state index is 13.2. The van der Waals surface area contributed by atoms with Gasteiger partial charge in [-0.3, -0.25) is 14.5 Å². The fraction of sp³-hybridized carbons (Fsp3) is 0.360. The highest BCUT2D eigenvalue weighted by atomic mass is 32.2. The predicted octanol–water partition coefficient (Wildman–Crippen LogP) is 3.57. The number of sulfonamides is 1. The Bertz CT molecular complexity index is 1330. The Balaban J connectivity index is 1.47. The maximum atomic E-state index is 13.2. The largest absolute Gasteiger partial charge is 0.355 e. The third-order valence-electron chi connectivity index (χ3n) is 6.60. The zero-order valence-corrected chi connectivity index (χ0v) is 20.2. The van der Waals surface area contributed by atoms with E-state index in [-0.39, 0.29) is 16.5 Å². The Morgan fingerprint density at radius 2 is 1.61 bits per heavy atom. The number of aromatic nitrogens is 1. The van der Waals surface area contributed by atoms with Crippen molar-refractivity contribution in [3.63, 3.8) is 0 Å². The molecule has 0 spiro atoms. The maximum Gasteiger partial charge on any atom is 0.243 e. The highest BCUT2D eigenvalue weighted by Gasteiger charge is 2.33. The molecule has 0 radical (unpaired) electrons. The molecule has 33 heavy (non-hydrogen) atoms. The van der Waals surface area contributed by atoms with Gasteiger partial charge in [-0.05, 0) is 56.2 Å². The summed E-state index contributed by atoms with van der Waals surface area (Å²) in [5.74, 6) is -0.158. The summed E-state index contributed by atoms with van der Waals surface area (Å²) in [5, 5.41) is 1.88. The number of aryl methyl sites for hydroxylation is 1. The Kier molecular flexibility index (Phi) is 6.26. The third kappa shape index (κ3) is 4.26. The van der Waals surface area contributed by atoms with E-state index in [1.807, 2.05) is 42.2 Å². The molecule has 3 aromatic rings. The molecule has 1 aromatic heterocycles. The first-order valence-corrected chi connectivity index (χ1v) is 12.5. The van der Waals surface area contributed by atoms with Crippen molar-refractivity contribution in [2.45, 2.75) is 38.6 Å². The number of nitrogens with one attached hydrogen (secondary N) is 1. The molecule has 1 fully saturated rings. The van der Waals surface area contributed by atoms with Crippen LogP contribution in [0.2, 0.25) is 0 Å². The van der Waals surface area contributed by atoms with Gasteiger partial charge in [0.1, 0.15) is 0 Å². The molecule has 0 amide bonds. The normalized spacial score (nSPS) is 16.7. The van der Waals surface area contributed by atoms with Gasteiger partial charge < -0.3 is 4.98 Å². The Morgan fingerprint density at radius 1 is 0.970 bits per heavy atom. The number of fused-ring (bicyclic) bond motifs is 1. The molecule has 1 N–H and O–H groups in total. The summed E-state index contributed by atoms with van der Waals surface area (Å²) in [5.41, 5.74) is 2.39. The summed E-state index contributed by atoms with van der Waals surface area (Å²) in [6.45, 7) is 8.45. The smallest absolute Gasteiger partial charge is 0.243 e. The van der Waals surface area contributed by atoms with Crippen molar-refractivity contribution in [3.8, 4) is 0 Å². The van der Waals surface area contributed by atoms with Crippen molar-refractivity contribution < 1.29 is 18.0 Å². The molecule has 2 heterocycles. The lowest BCUT2D eigenvalue weighted by molar-refractivity contribution is 0.0777. The molecule has 174 valence electrons. The molecule has 1 aliphatic rings. The summed E-state index contributed by atoms with van der Waals surface area (Å²) >= 11 is 0. The molecule has 0 aliphatic carbocycles. The lowest BCUT2D eigenvalue weighted by Gasteiger charge is -2.36. The average molecular weight is 468 g/mol. The molecule has 0 bridgehead atoms. The number of hydrogen-bond acceptors (Lipinski definition) is 5. The molecular formula is C25H29N3O4S. The number of Topliss-reactive ketones (excluding diaryl/α,β-unsaturated/α-hetero) is 2. The van der Waals surface area contributed by atoms with Crippen LogP contribution in [0.3, 0.4) is 0 Å². The van der Waals surface area contributed by atoms with Gasteiger partial charge in [-0.15, -0.1) is 0 Å². The fourth-order valence-electron chi connectivity index (χ4n) is 4.71. The number of hydrogen-bond donors (Lipinski definition) is 1. The van der Waals surface area contributed by atoms with Crippen LogP contribution in [0.15, 0.2) is 47.4 Å². The van der Waals surface area contributed by atoms with E-state index in [2.05, 4.69) is 4.98 Å². The molecule has 2 aromatic carbocycles. The van der Waals surface area contributed by atoms with Gasteiger partial charge in [0.15, 0.2) is 11.6 Å². The second-order valence-corrected chi connectivity index (χ2v) is 10.6. The van der Waals surface area contributed by atoms with Crippen LogP contribution in [0.5, 0.6) is 0 Å². The predicted molar refractivity (Wildman–Crippen MR) is 128 cm³/mol. The van der Waals surface area contributed by atoms with Crippen molar-refractivity contribution in [1.29, 1.82) is 0 Å². The Morgan fingerprint density at radius 3 is 2.21 bits per heavy atom. The van der Waals surface area contributed by atoms with E-state index in [0.717, 1.165) is 10.8 Å². The molecule has 8 heteroatoms. The van der Waals surface area contributed by atoms with Gasteiger partial charge in [0.2, 0.25) is 10.0 Å². The van der Waals surface area contributed by atoms with Gasteiger partial charge in [-0.1, -0.05) is 30.3 Å². The third-order valence-corrected chi connectivity index (χ3v) is 8.49. The van der Waals surface area contributed by atoms with Gasteiger partial charge in [-0.25, -0.2) is 8.42 Å².